The molecule has 1 aromatic carbocycles. The fourth-order valence-corrected chi connectivity index (χ4v) is 2.53. The lowest BCUT2D eigenvalue weighted by Gasteiger charge is -2.23. The summed E-state index contributed by atoms with van der Waals surface area (Å²) in [5.41, 5.74) is 9.76. The molecule has 0 atom stereocenters. The molecular formula is C16H21FN4. The van der Waals surface area contributed by atoms with Crippen LogP contribution in [0.5, 0.6) is 0 Å². The molecule has 2 rings (SSSR count). The molecule has 2 N–H and O–H groups in total. The summed E-state index contributed by atoms with van der Waals surface area (Å²) in [7, 11) is 1.85. The van der Waals surface area contributed by atoms with Gasteiger partial charge in [0.15, 0.2) is 5.82 Å². The highest BCUT2D eigenvalue weighted by Crippen LogP contribution is 2.28. The largest absolute Gasteiger partial charge is 0.328 e. The van der Waals surface area contributed by atoms with E-state index in [1.165, 1.54) is 12.1 Å². The standard InChI is InChI=1S/C16H21FN4/c1-4-13-14(10-18)16(20-19-15(13)5-2)21(3)12-8-6-7-11(17)9-12/h6-9H,4-5,10,18H2,1-3H3. The Bertz CT molecular complexity index is 628. The molecule has 0 fully saturated rings. The van der Waals surface area contributed by atoms with Gasteiger partial charge in [-0.15, -0.1) is 5.10 Å². The summed E-state index contributed by atoms with van der Waals surface area (Å²) < 4.78 is 13.4. The second kappa shape index (κ2) is 6.63. The van der Waals surface area contributed by atoms with Gasteiger partial charge in [-0.3, -0.25) is 0 Å². The van der Waals surface area contributed by atoms with E-state index >= 15 is 0 Å². The van der Waals surface area contributed by atoms with Crippen LogP contribution in [0.1, 0.15) is 30.7 Å². The number of benzene rings is 1. The van der Waals surface area contributed by atoms with E-state index in [-0.39, 0.29) is 5.82 Å². The summed E-state index contributed by atoms with van der Waals surface area (Å²) in [5, 5.41) is 8.61. The van der Waals surface area contributed by atoms with E-state index in [9.17, 15) is 4.39 Å². The Hall–Kier alpha value is -2.01. The van der Waals surface area contributed by atoms with Crippen LogP contribution in [0.15, 0.2) is 24.3 Å². The van der Waals surface area contributed by atoms with Crippen LogP contribution in [0, 0.1) is 5.82 Å². The van der Waals surface area contributed by atoms with Crippen molar-refractivity contribution in [3.05, 3.63) is 46.9 Å². The molecule has 2 aromatic rings. The van der Waals surface area contributed by atoms with Crippen LogP contribution < -0.4 is 10.6 Å². The average Bonchev–Trinajstić information content (AvgIpc) is 2.52. The smallest absolute Gasteiger partial charge is 0.160 e. The van der Waals surface area contributed by atoms with Gasteiger partial charge < -0.3 is 10.6 Å². The summed E-state index contributed by atoms with van der Waals surface area (Å²) in [6.45, 7) is 4.53. The van der Waals surface area contributed by atoms with Crippen molar-refractivity contribution in [3.63, 3.8) is 0 Å². The third kappa shape index (κ3) is 3.03. The summed E-state index contributed by atoms with van der Waals surface area (Å²) in [6, 6.07) is 6.41. The van der Waals surface area contributed by atoms with Crippen molar-refractivity contribution in [2.75, 3.05) is 11.9 Å². The van der Waals surface area contributed by atoms with E-state index in [0.29, 0.717) is 12.4 Å². The molecule has 5 heteroatoms. The van der Waals surface area contributed by atoms with E-state index in [1.54, 1.807) is 6.07 Å². The monoisotopic (exact) mass is 288 g/mol. The number of nitrogens with zero attached hydrogens (tertiary/aromatic N) is 3. The second-order valence-electron chi connectivity index (χ2n) is 4.88. The number of aryl methyl sites for hydroxylation is 1. The molecule has 112 valence electrons. The third-order valence-corrected chi connectivity index (χ3v) is 3.65. The van der Waals surface area contributed by atoms with E-state index in [2.05, 4.69) is 24.0 Å². The third-order valence-electron chi connectivity index (χ3n) is 3.65. The first-order valence-corrected chi connectivity index (χ1v) is 7.19. The zero-order chi connectivity index (χ0) is 15.4. The molecule has 0 saturated heterocycles. The summed E-state index contributed by atoms with van der Waals surface area (Å²) in [6.07, 6.45) is 1.68. The Morgan fingerprint density at radius 2 is 1.90 bits per heavy atom. The molecule has 0 amide bonds. The minimum absolute atomic E-state index is 0.275. The molecule has 4 nitrogen and oxygen atoms in total. The van der Waals surface area contributed by atoms with Gasteiger partial charge in [0.05, 0.1) is 5.69 Å². The van der Waals surface area contributed by atoms with Gasteiger partial charge >= 0.3 is 0 Å². The van der Waals surface area contributed by atoms with Gasteiger partial charge in [0.1, 0.15) is 5.82 Å². The lowest BCUT2D eigenvalue weighted by molar-refractivity contribution is 0.628. The molecule has 0 aliphatic carbocycles. The molecule has 0 saturated carbocycles. The molecule has 1 aromatic heterocycles. The number of rotatable bonds is 5. The highest BCUT2D eigenvalue weighted by Gasteiger charge is 2.17. The lowest BCUT2D eigenvalue weighted by atomic mass is 10.0. The molecule has 1 heterocycles. The maximum Gasteiger partial charge on any atom is 0.160 e. The normalized spacial score (nSPS) is 10.7. The average molecular weight is 288 g/mol. The maximum atomic E-state index is 13.4. The minimum Gasteiger partial charge on any atom is -0.328 e. The first kappa shape index (κ1) is 15.4. The number of anilines is 2. The van der Waals surface area contributed by atoms with Crippen LogP contribution in [-0.2, 0) is 19.4 Å². The predicted molar refractivity (Wildman–Crippen MR) is 83.1 cm³/mol. The van der Waals surface area contributed by atoms with Crippen molar-refractivity contribution in [3.8, 4) is 0 Å². The van der Waals surface area contributed by atoms with E-state index in [1.807, 2.05) is 18.0 Å². The summed E-state index contributed by atoms with van der Waals surface area (Å²) in [4.78, 5) is 1.83. The first-order chi connectivity index (χ1) is 10.1. The number of hydrogen-bond acceptors (Lipinski definition) is 4. The second-order valence-corrected chi connectivity index (χ2v) is 4.88. The molecule has 0 radical (unpaired) electrons. The quantitative estimate of drug-likeness (QED) is 0.919. The number of nitrogens with two attached hydrogens (primary N) is 1. The molecule has 0 unspecified atom stereocenters. The van der Waals surface area contributed by atoms with Crippen molar-refractivity contribution in [1.82, 2.24) is 10.2 Å². The zero-order valence-electron chi connectivity index (χ0n) is 12.7. The van der Waals surface area contributed by atoms with Gasteiger partial charge in [0.2, 0.25) is 0 Å². The van der Waals surface area contributed by atoms with Gasteiger partial charge in [-0.2, -0.15) is 5.10 Å². The van der Waals surface area contributed by atoms with Gasteiger partial charge in [0, 0.05) is 24.8 Å². The number of hydrogen-bond donors (Lipinski definition) is 1. The Kier molecular flexibility index (Phi) is 4.85. The summed E-state index contributed by atoms with van der Waals surface area (Å²) >= 11 is 0. The van der Waals surface area contributed by atoms with Crippen LogP contribution in [0.4, 0.5) is 15.9 Å². The van der Waals surface area contributed by atoms with Crippen LogP contribution >= 0.6 is 0 Å². The Morgan fingerprint density at radius 1 is 1.14 bits per heavy atom. The van der Waals surface area contributed by atoms with Crippen molar-refractivity contribution in [1.29, 1.82) is 0 Å². The fourth-order valence-electron chi connectivity index (χ4n) is 2.53. The van der Waals surface area contributed by atoms with Crippen LogP contribution in [0.2, 0.25) is 0 Å². The number of aromatic nitrogens is 2. The molecular weight excluding hydrogens is 267 g/mol. The van der Waals surface area contributed by atoms with Gasteiger partial charge in [-0.05, 0) is 36.6 Å². The molecule has 0 spiro atoms. The first-order valence-electron chi connectivity index (χ1n) is 7.19. The Morgan fingerprint density at radius 3 is 2.48 bits per heavy atom. The Labute approximate surface area is 124 Å². The number of halogens is 1. The predicted octanol–water partition coefficient (Wildman–Crippen LogP) is 2.97. The Balaban J connectivity index is 2.53. The van der Waals surface area contributed by atoms with Crippen LogP contribution in [0.25, 0.3) is 0 Å². The fraction of sp³-hybridized carbons (Fsp3) is 0.375. The van der Waals surface area contributed by atoms with E-state index in [0.717, 1.165) is 35.3 Å². The molecule has 0 aliphatic rings. The highest BCUT2D eigenvalue weighted by molar-refractivity contribution is 5.63. The SMILES string of the molecule is CCc1nnc(N(C)c2cccc(F)c2)c(CN)c1CC. The van der Waals surface area contributed by atoms with Gasteiger partial charge in [0.25, 0.3) is 0 Å². The van der Waals surface area contributed by atoms with Gasteiger partial charge in [-0.25, -0.2) is 4.39 Å². The maximum absolute atomic E-state index is 13.4. The summed E-state index contributed by atoms with van der Waals surface area (Å²) in [5.74, 6) is 0.416. The zero-order valence-corrected chi connectivity index (χ0v) is 12.7. The lowest BCUT2D eigenvalue weighted by Crippen LogP contribution is -2.19. The van der Waals surface area contributed by atoms with Crippen molar-refractivity contribution < 1.29 is 4.39 Å². The van der Waals surface area contributed by atoms with Crippen molar-refractivity contribution in [2.45, 2.75) is 33.2 Å². The molecule has 0 aliphatic heterocycles. The molecule has 21 heavy (non-hydrogen) atoms. The van der Waals surface area contributed by atoms with Crippen LogP contribution in [0.3, 0.4) is 0 Å². The van der Waals surface area contributed by atoms with Crippen molar-refractivity contribution in [2.24, 2.45) is 5.73 Å². The van der Waals surface area contributed by atoms with Gasteiger partial charge in [-0.1, -0.05) is 19.9 Å². The minimum atomic E-state index is -0.275. The van der Waals surface area contributed by atoms with Crippen molar-refractivity contribution >= 4 is 11.5 Å². The van der Waals surface area contributed by atoms with Crippen LogP contribution in [-0.4, -0.2) is 17.2 Å². The topological polar surface area (TPSA) is 55.0 Å². The van der Waals surface area contributed by atoms with E-state index < -0.39 is 0 Å². The molecule has 0 bridgehead atoms. The van der Waals surface area contributed by atoms with E-state index in [4.69, 9.17) is 5.73 Å². The highest BCUT2D eigenvalue weighted by atomic mass is 19.1.